The molecule has 0 aliphatic rings. The molecule has 1 aromatic carbocycles. The highest BCUT2D eigenvalue weighted by molar-refractivity contribution is 5.68. The van der Waals surface area contributed by atoms with E-state index in [4.69, 9.17) is 4.74 Å². The minimum Gasteiger partial charge on any atom is -0.442 e. The van der Waals surface area contributed by atoms with Crippen LogP contribution in [0.15, 0.2) is 18.2 Å². The average Bonchev–Trinajstić information content (AvgIpc) is 2.24. The first kappa shape index (κ1) is 17.4. The SMILES string of the molecule is C[C@H](OC(=O)NC(C)(C)C)c1ccc(C(C)(C)O)cc1F. The highest BCUT2D eigenvalue weighted by Gasteiger charge is 2.22. The maximum Gasteiger partial charge on any atom is 0.408 e. The number of benzene rings is 1. The van der Waals surface area contributed by atoms with E-state index in [2.05, 4.69) is 5.32 Å². The van der Waals surface area contributed by atoms with Crippen LogP contribution in [0, 0.1) is 5.82 Å². The maximum absolute atomic E-state index is 14.1. The number of carbonyl (C=O) groups excluding carboxylic acids is 1. The lowest BCUT2D eigenvalue weighted by Gasteiger charge is -2.23. The molecule has 4 nitrogen and oxygen atoms in total. The van der Waals surface area contributed by atoms with Gasteiger partial charge in [0.25, 0.3) is 0 Å². The molecule has 1 amide bonds. The summed E-state index contributed by atoms with van der Waals surface area (Å²) in [4.78, 5) is 11.7. The van der Waals surface area contributed by atoms with Gasteiger partial charge in [-0.15, -0.1) is 0 Å². The molecule has 0 aliphatic carbocycles. The van der Waals surface area contributed by atoms with Crippen LogP contribution in [0.1, 0.15) is 58.8 Å². The highest BCUT2D eigenvalue weighted by Crippen LogP contribution is 2.26. The number of ether oxygens (including phenoxy) is 1. The molecule has 21 heavy (non-hydrogen) atoms. The summed E-state index contributed by atoms with van der Waals surface area (Å²) >= 11 is 0. The molecule has 1 atom stereocenters. The number of carbonyl (C=O) groups is 1. The monoisotopic (exact) mass is 297 g/mol. The van der Waals surface area contributed by atoms with E-state index >= 15 is 0 Å². The third-order valence-electron chi connectivity index (χ3n) is 2.91. The Kier molecular flexibility index (Phi) is 4.99. The second-order valence-electron chi connectivity index (χ2n) is 6.72. The normalized spacial score (nSPS) is 13.7. The number of aliphatic hydroxyl groups is 1. The van der Waals surface area contributed by atoms with E-state index in [1.54, 1.807) is 26.8 Å². The van der Waals surface area contributed by atoms with Gasteiger partial charge in [0.2, 0.25) is 0 Å². The quantitative estimate of drug-likeness (QED) is 0.895. The molecule has 0 saturated carbocycles. The van der Waals surface area contributed by atoms with E-state index < -0.39 is 29.2 Å². The molecule has 0 bridgehead atoms. The van der Waals surface area contributed by atoms with Crippen molar-refractivity contribution in [3.05, 3.63) is 35.1 Å². The van der Waals surface area contributed by atoms with Gasteiger partial charge in [-0.3, -0.25) is 0 Å². The minimum atomic E-state index is -1.12. The lowest BCUT2D eigenvalue weighted by Crippen LogP contribution is -2.41. The van der Waals surface area contributed by atoms with Crippen LogP contribution in [0.25, 0.3) is 0 Å². The predicted octanol–water partition coefficient (Wildman–Crippen LogP) is 3.64. The van der Waals surface area contributed by atoms with E-state index in [0.29, 0.717) is 5.56 Å². The average molecular weight is 297 g/mol. The number of halogens is 1. The van der Waals surface area contributed by atoms with E-state index in [0.717, 1.165) is 0 Å². The molecule has 0 radical (unpaired) electrons. The van der Waals surface area contributed by atoms with Crippen LogP contribution in [0.3, 0.4) is 0 Å². The van der Waals surface area contributed by atoms with E-state index in [1.807, 2.05) is 20.8 Å². The largest absolute Gasteiger partial charge is 0.442 e. The number of amides is 1. The van der Waals surface area contributed by atoms with Gasteiger partial charge in [-0.25, -0.2) is 9.18 Å². The summed E-state index contributed by atoms with van der Waals surface area (Å²) in [5.41, 5.74) is -0.796. The van der Waals surface area contributed by atoms with Crippen molar-refractivity contribution < 1.29 is 19.0 Å². The number of rotatable bonds is 3. The minimum absolute atomic E-state index is 0.270. The van der Waals surface area contributed by atoms with Gasteiger partial charge in [0.1, 0.15) is 11.9 Å². The van der Waals surface area contributed by atoms with Gasteiger partial charge < -0.3 is 15.2 Å². The van der Waals surface area contributed by atoms with Gasteiger partial charge in [0.15, 0.2) is 0 Å². The first-order valence-corrected chi connectivity index (χ1v) is 6.91. The molecule has 5 heteroatoms. The lowest BCUT2D eigenvalue weighted by atomic mass is 9.96. The Labute approximate surface area is 125 Å². The topological polar surface area (TPSA) is 58.6 Å². The number of alkyl carbamates (subject to hydrolysis) is 1. The van der Waals surface area contributed by atoms with Gasteiger partial charge >= 0.3 is 6.09 Å². The molecular formula is C16H24FNO3. The van der Waals surface area contributed by atoms with Gasteiger partial charge in [-0.1, -0.05) is 12.1 Å². The second-order valence-corrected chi connectivity index (χ2v) is 6.72. The zero-order valence-corrected chi connectivity index (χ0v) is 13.5. The zero-order valence-electron chi connectivity index (χ0n) is 13.5. The first-order chi connectivity index (χ1) is 9.40. The van der Waals surface area contributed by atoms with Crippen molar-refractivity contribution >= 4 is 6.09 Å². The van der Waals surface area contributed by atoms with E-state index in [9.17, 15) is 14.3 Å². The molecule has 0 aromatic heterocycles. The van der Waals surface area contributed by atoms with Crippen molar-refractivity contribution in [3.63, 3.8) is 0 Å². The molecule has 0 aliphatic heterocycles. The Morgan fingerprint density at radius 2 is 1.86 bits per heavy atom. The Balaban J connectivity index is 2.84. The fourth-order valence-electron chi connectivity index (χ4n) is 1.80. The Morgan fingerprint density at radius 3 is 2.29 bits per heavy atom. The third kappa shape index (κ3) is 5.34. The number of hydrogen-bond acceptors (Lipinski definition) is 3. The highest BCUT2D eigenvalue weighted by atomic mass is 19.1. The van der Waals surface area contributed by atoms with Crippen molar-refractivity contribution in [3.8, 4) is 0 Å². The Hall–Kier alpha value is -1.62. The molecule has 1 rings (SSSR count). The molecule has 1 aromatic rings. The molecule has 0 saturated heterocycles. The van der Waals surface area contributed by atoms with Crippen LogP contribution in [-0.2, 0) is 10.3 Å². The number of hydrogen-bond donors (Lipinski definition) is 2. The van der Waals surface area contributed by atoms with Crippen molar-refractivity contribution in [2.24, 2.45) is 0 Å². The predicted molar refractivity (Wildman–Crippen MR) is 79.4 cm³/mol. The van der Waals surface area contributed by atoms with Gasteiger partial charge in [-0.05, 0) is 53.2 Å². The lowest BCUT2D eigenvalue weighted by molar-refractivity contribution is 0.0775. The molecule has 0 heterocycles. The Bertz CT molecular complexity index is 515. The first-order valence-electron chi connectivity index (χ1n) is 6.91. The van der Waals surface area contributed by atoms with Crippen LogP contribution in [-0.4, -0.2) is 16.7 Å². The van der Waals surface area contributed by atoms with Crippen molar-refractivity contribution in [2.45, 2.75) is 58.8 Å². The molecular weight excluding hydrogens is 273 g/mol. The van der Waals surface area contributed by atoms with E-state index in [-0.39, 0.29) is 5.56 Å². The molecule has 0 unspecified atom stereocenters. The fraction of sp³-hybridized carbons (Fsp3) is 0.562. The fourth-order valence-corrected chi connectivity index (χ4v) is 1.80. The summed E-state index contributed by atoms with van der Waals surface area (Å²) in [5, 5.41) is 12.5. The van der Waals surface area contributed by atoms with Crippen molar-refractivity contribution in [2.75, 3.05) is 0 Å². The van der Waals surface area contributed by atoms with Crippen LogP contribution >= 0.6 is 0 Å². The summed E-state index contributed by atoms with van der Waals surface area (Å²) in [7, 11) is 0. The van der Waals surface area contributed by atoms with Crippen LogP contribution in [0.2, 0.25) is 0 Å². The molecule has 118 valence electrons. The van der Waals surface area contributed by atoms with Crippen LogP contribution < -0.4 is 5.32 Å². The zero-order chi connectivity index (χ0) is 16.4. The standard InChI is InChI=1S/C16H24FNO3/c1-10(21-14(19)18-15(2,3)4)12-8-7-11(9-13(12)17)16(5,6)20/h7-10,20H,1-6H3,(H,18,19)/t10-/m0/s1. The molecule has 2 N–H and O–H groups in total. The van der Waals surface area contributed by atoms with Crippen LogP contribution in [0.4, 0.5) is 9.18 Å². The molecule has 0 spiro atoms. The summed E-state index contributed by atoms with van der Waals surface area (Å²) in [6.07, 6.45) is -1.32. The maximum atomic E-state index is 14.1. The number of nitrogens with one attached hydrogen (secondary N) is 1. The summed E-state index contributed by atoms with van der Waals surface area (Å²) < 4.78 is 19.3. The summed E-state index contributed by atoms with van der Waals surface area (Å²) in [6, 6.07) is 4.41. The van der Waals surface area contributed by atoms with Crippen LogP contribution in [0.5, 0.6) is 0 Å². The third-order valence-corrected chi connectivity index (χ3v) is 2.91. The van der Waals surface area contributed by atoms with Crippen molar-refractivity contribution in [1.82, 2.24) is 5.32 Å². The smallest absolute Gasteiger partial charge is 0.408 e. The Morgan fingerprint density at radius 1 is 1.29 bits per heavy atom. The van der Waals surface area contributed by atoms with Gasteiger partial charge in [-0.2, -0.15) is 0 Å². The summed E-state index contributed by atoms with van der Waals surface area (Å²) in [5.74, 6) is -0.509. The summed E-state index contributed by atoms with van der Waals surface area (Å²) in [6.45, 7) is 10.3. The van der Waals surface area contributed by atoms with E-state index in [1.165, 1.54) is 12.1 Å². The second kappa shape index (κ2) is 6.02. The van der Waals surface area contributed by atoms with Gasteiger partial charge in [0.05, 0.1) is 5.60 Å². The molecule has 0 fully saturated rings. The van der Waals surface area contributed by atoms with Gasteiger partial charge in [0, 0.05) is 11.1 Å². The van der Waals surface area contributed by atoms with Crippen molar-refractivity contribution in [1.29, 1.82) is 0 Å².